The second-order valence-corrected chi connectivity index (χ2v) is 8.86. The second-order valence-electron chi connectivity index (χ2n) is 8.01. The molecule has 0 bridgehead atoms. The molecule has 1 heterocycles. The van der Waals surface area contributed by atoms with Crippen molar-refractivity contribution in [2.24, 2.45) is 5.73 Å². The predicted molar refractivity (Wildman–Crippen MR) is 142 cm³/mol. The van der Waals surface area contributed by atoms with Gasteiger partial charge in [-0.05, 0) is 103 Å². The Labute approximate surface area is 210 Å². The van der Waals surface area contributed by atoms with E-state index in [1.54, 1.807) is 6.07 Å². The highest BCUT2D eigenvalue weighted by molar-refractivity contribution is 7.09. The average molecular weight is 497 g/mol. The number of nitrogens with two attached hydrogens (primary N) is 1. The molecule has 0 aliphatic carbocycles. The number of aromatic nitrogens is 1. The molecule has 0 spiro atoms. The first-order valence-electron chi connectivity index (χ1n) is 11.0. The molecule has 1 aromatic heterocycles. The van der Waals surface area contributed by atoms with Gasteiger partial charge in [-0.25, -0.2) is 0 Å². The first-order valence-corrected chi connectivity index (χ1v) is 11.8. The number of hydrogen-bond acceptors (Lipinski definition) is 5. The molecule has 0 aliphatic rings. The van der Waals surface area contributed by atoms with E-state index in [2.05, 4.69) is 54.6 Å². The van der Waals surface area contributed by atoms with E-state index in [1.165, 1.54) is 28.2 Å². The highest BCUT2D eigenvalue weighted by Gasteiger charge is 2.10. The Hall–Kier alpha value is -3.06. The van der Waals surface area contributed by atoms with Crippen LogP contribution >= 0.6 is 23.9 Å². The maximum atomic E-state index is 11.4. The van der Waals surface area contributed by atoms with Gasteiger partial charge in [0.25, 0.3) is 5.56 Å². The largest absolute Gasteiger partial charge is 0.494 e. The van der Waals surface area contributed by atoms with Crippen LogP contribution in [-0.4, -0.2) is 17.5 Å². The Morgan fingerprint density at radius 2 is 1.62 bits per heavy atom. The van der Waals surface area contributed by atoms with E-state index in [9.17, 15) is 4.79 Å². The van der Waals surface area contributed by atoms with Crippen LogP contribution in [0, 0.1) is 13.8 Å². The normalized spacial score (nSPS) is 10.6. The lowest BCUT2D eigenvalue weighted by atomic mass is 9.94. The molecule has 178 valence electrons. The van der Waals surface area contributed by atoms with Gasteiger partial charge in [-0.2, -0.15) is 0 Å². The van der Waals surface area contributed by atoms with Crippen LogP contribution in [0.25, 0.3) is 21.6 Å². The number of ether oxygens (including phenoxy) is 2. The number of halogens is 1. The topological polar surface area (TPSA) is 77.3 Å². The number of aromatic amines is 1. The molecule has 3 aromatic carbocycles. The molecular formula is C27H29ClN2O3S. The van der Waals surface area contributed by atoms with Crippen molar-refractivity contribution >= 4 is 23.9 Å². The van der Waals surface area contributed by atoms with Crippen molar-refractivity contribution in [3.8, 4) is 33.1 Å². The minimum Gasteiger partial charge on any atom is -0.494 e. The summed E-state index contributed by atoms with van der Waals surface area (Å²) in [4.78, 5) is 12.3. The molecule has 7 heteroatoms. The molecule has 0 aliphatic heterocycles. The molecule has 0 amide bonds. The third-order valence-electron chi connectivity index (χ3n) is 5.41. The maximum Gasteiger partial charge on any atom is 0.258 e. The third kappa shape index (κ3) is 6.29. The third-order valence-corrected chi connectivity index (χ3v) is 6.28. The van der Waals surface area contributed by atoms with Crippen LogP contribution in [-0.2, 0) is 6.61 Å². The van der Waals surface area contributed by atoms with Crippen molar-refractivity contribution < 1.29 is 9.47 Å². The fourth-order valence-corrected chi connectivity index (χ4v) is 4.55. The summed E-state index contributed by atoms with van der Waals surface area (Å²) in [6.45, 7) is 5.97. The van der Waals surface area contributed by atoms with Gasteiger partial charge in [0.05, 0.1) is 11.5 Å². The Morgan fingerprint density at radius 1 is 0.882 bits per heavy atom. The van der Waals surface area contributed by atoms with Crippen molar-refractivity contribution in [1.82, 2.24) is 4.37 Å². The average Bonchev–Trinajstić information content (AvgIpc) is 3.24. The van der Waals surface area contributed by atoms with Gasteiger partial charge in [0.15, 0.2) is 0 Å². The van der Waals surface area contributed by atoms with Crippen LogP contribution in [0.4, 0.5) is 0 Å². The van der Waals surface area contributed by atoms with Gasteiger partial charge >= 0.3 is 0 Å². The molecule has 0 saturated heterocycles. The summed E-state index contributed by atoms with van der Waals surface area (Å²) >= 11 is 1.33. The summed E-state index contributed by atoms with van der Waals surface area (Å²) < 4.78 is 14.6. The standard InChI is InChI=1S/C27H28N2O3S.ClH/c1-18-13-24(31-12-4-11-28)14-19(2)27(18)22-6-3-5-20(15-22)17-32-23-9-7-21(8-10-23)25-16-26(30)29-33-25;/h3,5-10,13-16H,4,11-12,17,28H2,1-2H3,(H,29,30);1H. The van der Waals surface area contributed by atoms with Crippen LogP contribution in [0.5, 0.6) is 11.5 Å². The smallest absolute Gasteiger partial charge is 0.258 e. The zero-order valence-corrected chi connectivity index (χ0v) is 20.9. The SMILES string of the molecule is Cc1cc(OCCCN)cc(C)c1-c1cccc(COc2ccc(-c3cc(=O)[nH]s3)cc2)c1.Cl. The van der Waals surface area contributed by atoms with Gasteiger partial charge in [-0.15, -0.1) is 12.4 Å². The van der Waals surface area contributed by atoms with E-state index in [0.29, 0.717) is 19.8 Å². The van der Waals surface area contributed by atoms with Gasteiger partial charge < -0.3 is 15.2 Å². The number of hydrogen-bond donors (Lipinski definition) is 2. The molecule has 0 atom stereocenters. The van der Waals surface area contributed by atoms with E-state index in [1.807, 2.05) is 24.3 Å². The molecule has 4 aromatic rings. The van der Waals surface area contributed by atoms with Gasteiger partial charge in [0, 0.05) is 6.07 Å². The summed E-state index contributed by atoms with van der Waals surface area (Å²) in [5, 5.41) is 0. The monoisotopic (exact) mass is 496 g/mol. The first kappa shape index (κ1) is 25.6. The Kier molecular flexibility index (Phi) is 8.93. The minimum atomic E-state index is -0.0746. The molecule has 0 fully saturated rings. The van der Waals surface area contributed by atoms with E-state index >= 15 is 0 Å². The molecule has 34 heavy (non-hydrogen) atoms. The van der Waals surface area contributed by atoms with Crippen LogP contribution in [0.15, 0.2) is 71.5 Å². The van der Waals surface area contributed by atoms with E-state index in [0.717, 1.165) is 39.5 Å². The molecule has 0 unspecified atom stereocenters. The van der Waals surface area contributed by atoms with Gasteiger partial charge in [-0.3, -0.25) is 9.17 Å². The van der Waals surface area contributed by atoms with Crippen molar-refractivity contribution in [3.05, 3.63) is 93.8 Å². The number of aryl methyl sites for hydroxylation is 2. The van der Waals surface area contributed by atoms with Crippen LogP contribution < -0.4 is 20.8 Å². The van der Waals surface area contributed by atoms with Crippen molar-refractivity contribution in [3.63, 3.8) is 0 Å². The molecule has 0 radical (unpaired) electrons. The summed E-state index contributed by atoms with van der Waals surface area (Å²) in [5.74, 6) is 1.68. The quantitative estimate of drug-likeness (QED) is 0.274. The Balaban J connectivity index is 0.00000324. The summed E-state index contributed by atoms with van der Waals surface area (Å²) in [6.07, 6.45) is 0.846. The molecule has 3 N–H and O–H groups in total. The van der Waals surface area contributed by atoms with Crippen LogP contribution in [0.2, 0.25) is 0 Å². The number of H-pyrrole nitrogens is 1. The first-order chi connectivity index (χ1) is 16.0. The van der Waals surface area contributed by atoms with Crippen molar-refractivity contribution in [2.45, 2.75) is 26.9 Å². The lowest BCUT2D eigenvalue weighted by Gasteiger charge is -2.15. The van der Waals surface area contributed by atoms with Crippen molar-refractivity contribution in [2.75, 3.05) is 13.2 Å². The van der Waals surface area contributed by atoms with Crippen molar-refractivity contribution in [1.29, 1.82) is 0 Å². The maximum absolute atomic E-state index is 11.4. The minimum absolute atomic E-state index is 0. The van der Waals surface area contributed by atoms with E-state index < -0.39 is 0 Å². The highest BCUT2D eigenvalue weighted by Crippen LogP contribution is 2.32. The molecule has 5 nitrogen and oxygen atoms in total. The fraction of sp³-hybridized carbons (Fsp3) is 0.222. The molecular weight excluding hydrogens is 468 g/mol. The molecule has 0 saturated carbocycles. The zero-order valence-electron chi connectivity index (χ0n) is 19.3. The van der Waals surface area contributed by atoms with Gasteiger partial charge in [-0.1, -0.05) is 29.7 Å². The highest BCUT2D eigenvalue weighted by atomic mass is 35.5. The van der Waals surface area contributed by atoms with Gasteiger partial charge in [0.1, 0.15) is 18.1 Å². The Bertz CT molecular complexity index is 1260. The lowest BCUT2D eigenvalue weighted by molar-refractivity contribution is 0.306. The number of nitrogens with one attached hydrogen (secondary N) is 1. The Morgan fingerprint density at radius 3 is 2.26 bits per heavy atom. The molecule has 4 rings (SSSR count). The summed E-state index contributed by atoms with van der Waals surface area (Å²) in [5.41, 5.74) is 12.3. The van der Waals surface area contributed by atoms with Crippen LogP contribution in [0.3, 0.4) is 0 Å². The second kappa shape index (κ2) is 11.9. The summed E-state index contributed by atoms with van der Waals surface area (Å²) in [7, 11) is 0. The lowest BCUT2D eigenvalue weighted by Crippen LogP contribution is -2.06. The number of rotatable bonds is 9. The van der Waals surface area contributed by atoms with E-state index in [4.69, 9.17) is 15.2 Å². The summed E-state index contributed by atoms with van der Waals surface area (Å²) in [6, 6.07) is 22.0. The number of benzene rings is 3. The van der Waals surface area contributed by atoms with Crippen LogP contribution in [0.1, 0.15) is 23.1 Å². The fourth-order valence-electron chi connectivity index (χ4n) is 3.86. The predicted octanol–water partition coefficient (Wildman–Crippen LogP) is 6.12. The van der Waals surface area contributed by atoms with E-state index in [-0.39, 0.29) is 18.0 Å². The zero-order chi connectivity index (χ0) is 23.2. The van der Waals surface area contributed by atoms with Gasteiger partial charge in [0.2, 0.25) is 0 Å².